The number of hydrogen-bond acceptors (Lipinski definition) is 1. The predicted octanol–water partition coefficient (Wildman–Crippen LogP) is 2.70. The number of allylic oxidation sites excluding steroid dienone is 1. The summed E-state index contributed by atoms with van der Waals surface area (Å²) in [6.07, 6.45) is 1.83. The minimum Gasteiger partial charge on any atom is -0.392 e. The highest BCUT2D eigenvalue weighted by Crippen LogP contribution is 2.16. The van der Waals surface area contributed by atoms with Gasteiger partial charge in [-0.25, -0.2) is 0 Å². The van der Waals surface area contributed by atoms with Crippen LogP contribution in [0, 0.1) is 13.8 Å². The van der Waals surface area contributed by atoms with Gasteiger partial charge in [-0.3, -0.25) is 0 Å². The molecule has 0 saturated heterocycles. The Hall–Kier alpha value is -1.08. The van der Waals surface area contributed by atoms with Crippen LogP contribution in [0.4, 0.5) is 0 Å². The van der Waals surface area contributed by atoms with E-state index < -0.39 is 0 Å². The van der Waals surface area contributed by atoms with Gasteiger partial charge in [0.25, 0.3) is 0 Å². The first-order valence-electron chi connectivity index (χ1n) is 4.50. The van der Waals surface area contributed by atoms with Crippen molar-refractivity contribution in [2.75, 3.05) is 6.61 Å². The van der Waals surface area contributed by atoms with Crippen molar-refractivity contribution in [3.63, 3.8) is 0 Å². The number of hydrogen-bond donors (Lipinski definition) is 1. The monoisotopic (exact) mass is 176 g/mol. The van der Waals surface area contributed by atoms with Gasteiger partial charge in [0.15, 0.2) is 0 Å². The highest BCUT2D eigenvalue weighted by Gasteiger charge is 1.97. The first kappa shape index (κ1) is 10.0. The van der Waals surface area contributed by atoms with Gasteiger partial charge in [-0.15, -0.1) is 0 Å². The third kappa shape index (κ3) is 2.71. The molecular weight excluding hydrogens is 160 g/mol. The maximum atomic E-state index is 8.76. The molecular formula is C12H16O. The average Bonchev–Trinajstić information content (AvgIpc) is 2.03. The van der Waals surface area contributed by atoms with Crippen molar-refractivity contribution in [2.45, 2.75) is 20.8 Å². The molecule has 0 atom stereocenters. The lowest BCUT2D eigenvalue weighted by atomic mass is 10.0. The van der Waals surface area contributed by atoms with E-state index in [1.54, 1.807) is 0 Å². The van der Waals surface area contributed by atoms with Crippen molar-refractivity contribution in [3.05, 3.63) is 41.0 Å². The lowest BCUT2D eigenvalue weighted by Crippen LogP contribution is -1.86. The molecule has 0 fully saturated rings. The lowest BCUT2D eigenvalue weighted by Gasteiger charge is -2.04. The van der Waals surface area contributed by atoms with E-state index in [1.807, 2.05) is 13.0 Å². The van der Waals surface area contributed by atoms with Crippen LogP contribution in [0.2, 0.25) is 0 Å². The fourth-order valence-corrected chi connectivity index (χ4v) is 1.46. The van der Waals surface area contributed by atoms with Gasteiger partial charge in [-0.05, 0) is 31.9 Å². The van der Waals surface area contributed by atoms with Gasteiger partial charge in [0.2, 0.25) is 0 Å². The second kappa shape index (κ2) is 4.24. The van der Waals surface area contributed by atoms with Crippen LogP contribution in [0.15, 0.2) is 24.3 Å². The Labute approximate surface area is 79.7 Å². The van der Waals surface area contributed by atoms with Gasteiger partial charge in [0, 0.05) is 0 Å². The molecule has 13 heavy (non-hydrogen) atoms. The molecule has 1 rings (SSSR count). The molecule has 0 radical (unpaired) electrons. The van der Waals surface area contributed by atoms with Crippen molar-refractivity contribution >= 4 is 5.57 Å². The Morgan fingerprint density at radius 3 is 2.23 bits per heavy atom. The van der Waals surface area contributed by atoms with Crippen LogP contribution in [-0.2, 0) is 0 Å². The zero-order valence-electron chi connectivity index (χ0n) is 8.46. The Morgan fingerprint density at radius 1 is 1.23 bits per heavy atom. The zero-order valence-corrected chi connectivity index (χ0v) is 8.46. The van der Waals surface area contributed by atoms with Crippen LogP contribution in [0.25, 0.3) is 5.57 Å². The summed E-state index contributed by atoms with van der Waals surface area (Å²) in [4.78, 5) is 0. The van der Waals surface area contributed by atoms with E-state index in [0.717, 1.165) is 5.57 Å². The molecule has 0 aliphatic rings. The van der Waals surface area contributed by atoms with Crippen molar-refractivity contribution in [1.82, 2.24) is 0 Å². The van der Waals surface area contributed by atoms with Crippen LogP contribution in [0.1, 0.15) is 23.6 Å². The van der Waals surface area contributed by atoms with Gasteiger partial charge in [0.05, 0.1) is 6.61 Å². The van der Waals surface area contributed by atoms with Crippen LogP contribution in [0.5, 0.6) is 0 Å². The van der Waals surface area contributed by atoms with E-state index in [1.165, 1.54) is 16.7 Å². The summed E-state index contributed by atoms with van der Waals surface area (Å²) < 4.78 is 0. The van der Waals surface area contributed by atoms with E-state index >= 15 is 0 Å². The summed E-state index contributed by atoms with van der Waals surface area (Å²) in [7, 11) is 0. The molecule has 0 amide bonds. The maximum absolute atomic E-state index is 8.76. The fraction of sp³-hybridized carbons (Fsp3) is 0.333. The molecule has 70 valence electrons. The Bertz CT molecular complexity index is 304. The van der Waals surface area contributed by atoms with Crippen LogP contribution in [0.3, 0.4) is 0 Å². The second-order valence-corrected chi connectivity index (χ2v) is 3.45. The summed E-state index contributed by atoms with van der Waals surface area (Å²) in [5, 5.41) is 8.76. The maximum Gasteiger partial charge on any atom is 0.0618 e. The normalized spacial score (nSPS) is 11.8. The molecule has 0 heterocycles. The van der Waals surface area contributed by atoms with E-state index in [-0.39, 0.29) is 6.61 Å². The summed E-state index contributed by atoms with van der Waals surface area (Å²) in [6, 6.07) is 6.42. The van der Waals surface area contributed by atoms with Crippen LogP contribution in [-0.4, -0.2) is 11.7 Å². The Kier molecular flexibility index (Phi) is 3.26. The number of aryl methyl sites for hydroxylation is 2. The van der Waals surface area contributed by atoms with Gasteiger partial charge in [-0.2, -0.15) is 0 Å². The quantitative estimate of drug-likeness (QED) is 0.734. The molecule has 0 spiro atoms. The summed E-state index contributed by atoms with van der Waals surface area (Å²) in [5.41, 5.74) is 4.86. The highest BCUT2D eigenvalue weighted by molar-refractivity contribution is 5.64. The van der Waals surface area contributed by atoms with Crippen molar-refractivity contribution in [3.8, 4) is 0 Å². The molecule has 0 unspecified atom stereocenters. The molecule has 1 aromatic carbocycles. The average molecular weight is 176 g/mol. The minimum atomic E-state index is 0.110. The molecule has 0 saturated carbocycles. The first-order valence-corrected chi connectivity index (χ1v) is 4.50. The molecule has 1 aromatic rings. The topological polar surface area (TPSA) is 20.2 Å². The van der Waals surface area contributed by atoms with Crippen LogP contribution >= 0.6 is 0 Å². The molecule has 0 aliphatic carbocycles. The van der Waals surface area contributed by atoms with E-state index in [0.29, 0.717) is 0 Å². The minimum absolute atomic E-state index is 0.110. The SMILES string of the molecule is C/C(=C/CO)c1cc(C)cc(C)c1. The smallest absolute Gasteiger partial charge is 0.0618 e. The Morgan fingerprint density at radius 2 is 1.77 bits per heavy atom. The van der Waals surface area contributed by atoms with Gasteiger partial charge in [-0.1, -0.05) is 35.4 Å². The number of aliphatic hydroxyl groups excluding tert-OH is 1. The summed E-state index contributed by atoms with van der Waals surface area (Å²) in [5.74, 6) is 0. The number of rotatable bonds is 2. The van der Waals surface area contributed by atoms with Crippen LogP contribution < -0.4 is 0 Å². The van der Waals surface area contributed by atoms with E-state index in [4.69, 9.17) is 5.11 Å². The van der Waals surface area contributed by atoms with Gasteiger partial charge >= 0.3 is 0 Å². The highest BCUT2D eigenvalue weighted by atomic mass is 16.2. The first-order chi connectivity index (χ1) is 6.13. The lowest BCUT2D eigenvalue weighted by molar-refractivity contribution is 0.343. The summed E-state index contributed by atoms with van der Waals surface area (Å²) in [6.45, 7) is 6.30. The van der Waals surface area contributed by atoms with Crippen molar-refractivity contribution in [2.24, 2.45) is 0 Å². The molecule has 1 N–H and O–H groups in total. The molecule has 0 aromatic heterocycles. The molecule has 1 nitrogen and oxygen atoms in total. The zero-order chi connectivity index (χ0) is 9.84. The molecule has 0 aliphatic heterocycles. The fourth-order valence-electron chi connectivity index (χ4n) is 1.46. The molecule has 1 heteroatoms. The number of aliphatic hydroxyl groups is 1. The van der Waals surface area contributed by atoms with Crippen molar-refractivity contribution in [1.29, 1.82) is 0 Å². The number of benzene rings is 1. The Balaban J connectivity index is 3.08. The van der Waals surface area contributed by atoms with Crippen molar-refractivity contribution < 1.29 is 5.11 Å². The standard InChI is InChI=1S/C12H16O/c1-9-6-10(2)8-12(7-9)11(3)4-5-13/h4,6-8,13H,5H2,1-3H3/b11-4-. The largest absolute Gasteiger partial charge is 0.392 e. The van der Waals surface area contributed by atoms with Gasteiger partial charge < -0.3 is 5.11 Å². The second-order valence-electron chi connectivity index (χ2n) is 3.45. The van der Waals surface area contributed by atoms with Gasteiger partial charge in [0.1, 0.15) is 0 Å². The summed E-state index contributed by atoms with van der Waals surface area (Å²) >= 11 is 0. The third-order valence-corrected chi connectivity index (χ3v) is 2.07. The predicted molar refractivity (Wildman–Crippen MR) is 56.7 cm³/mol. The third-order valence-electron chi connectivity index (χ3n) is 2.07. The molecule has 0 bridgehead atoms. The van der Waals surface area contributed by atoms with E-state index in [2.05, 4.69) is 32.0 Å². The van der Waals surface area contributed by atoms with E-state index in [9.17, 15) is 0 Å².